The Morgan fingerprint density at radius 2 is 1.83 bits per heavy atom. The summed E-state index contributed by atoms with van der Waals surface area (Å²) < 4.78 is 28.6. The number of amides is 1. The molecular formula is C16H14BrNO5S. The van der Waals surface area contributed by atoms with Gasteiger partial charge in [-0.3, -0.25) is 4.79 Å². The zero-order valence-corrected chi connectivity index (χ0v) is 15.1. The molecule has 0 unspecified atom stereocenters. The quantitative estimate of drug-likeness (QED) is 0.763. The second-order valence-electron chi connectivity index (χ2n) is 4.90. The van der Waals surface area contributed by atoms with Crippen LogP contribution in [-0.2, 0) is 19.4 Å². The van der Waals surface area contributed by atoms with Gasteiger partial charge in [0.1, 0.15) is 0 Å². The topological polar surface area (TPSA) is 89.5 Å². The zero-order chi connectivity index (χ0) is 17.7. The van der Waals surface area contributed by atoms with Gasteiger partial charge in [0.2, 0.25) is 0 Å². The molecule has 0 atom stereocenters. The fraction of sp³-hybridized carbons (Fsp3) is 0.125. The van der Waals surface area contributed by atoms with E-state index in [2.05, 4.69) is 21.2 Å². The SMILES string of the molecule is CS(=O)(=O)c1cccc(C(=O)OCC(=O)Nc2ccccc2Br)c1. The first-order valence-corrected chi connectivity index (χ1v) is 9.47. The Balaban J connectivity index is 1.98. The third-order valence-corrected chi connectivity index (χ3v) is 4.78. The maximum atomic E-state index is 11.9. The molecule has 1 amide bonds. The van der Waals surface area contributed by atoms with Crippen molar-refractivity contribution >= 4 is 43.3 Å². The van der Waals surface area contributed by atoms with Crippen molar-refractivity contribution < 1.29 is 22.7 Å². The highest BCUT2D eigenvalue weighted by molar-refractivity contribution is 9.10. The van der Waals surface area contributed by atoms with Gasteiger partial charge >= 0.3 is 5.97 Å². The molecule has 0 bridgehead atoms. The number of hydrogen-bond acceptors (Lipinski definition) is 5. The number of para-hydroxylation sites is 1. The summed E-state index contributed by atoms with van der Waals surface area (Å²) in [5.74, 6) is -1.28. The summed E-state index contributed by atoms with van der Waals surface area (Å²) >= 11 is 3.29. The molecule has 0 radical (unpaired) electrons. The molecule has 0 aromatic heterocycles. The lowest BCUT2D eigenvalue weighted by molar-refractivity contribution is -0.119. The van der Waals surface area contributed by atoms with E-state index in [9.17, 15) is 18.0 Å². The van der Waals surface area contributed by atoms with Gasteiger partial charge in [-0.05, 0) is 46.3 Å². The summed E-state index contributed by atoms with van der Waals surface area (Å²) in [5, 5.41) is 2.59. The van der Waals surface area contributed by atoms with Crippen LogP contribution in [0.2, 0.25) is 0 Å². The first kappa shape index (κ1) is 18.2. The molecule has 6 nitrogen and oxygen atoms in total. The molecule has 2 rings (SSSR count). The van der Waals surface area contributed by atoms with Crippen molar-refractivity contribution in [3.63, 3.8) is 0 Å². The van der Waals surface area contributed by atoms with Crippen LogP contribution in [-0.4, -0.2) is 33.2 Å². The van der Waals surface area contributed by atoms with E-state index in [0.29, 0.717) is 10.2 Å². The Labute approximate surface area is 147 Å². The van der Waals surface area contributed by atoms with E-state index < -0.39 is 28.3 Å². The number of carbonyl (C=O) groups excluding carboxylic acids is 2. The van der Waals surface area contributed by atoms with Crippen molar-refractivity contribution in [2.45, 2.75) is 4.90 Å². The molecule has 1 N–H and O–H groups in total. The van der Waals surface area contributed by atoms with Crippen molar-refractivity contribution in [3.8, 4) is 0 Å². The van der Waals surface area contributed by atoms with Gasteiger partial charge in [0.25, 0.3) is 5.91 Å². The molecule has 0 aliphatic rings. The average molecular weight is 412 g/mol. The first-order valence-electron chi connectivity index (χ1n) is 6.79. The van der Waals surface area contributed by atoms with E-state index in [4.69, 9.17) is 4.74 Å². The Bertz CT molecular complexity index is 880. The lowest BCUT2D eigenvalue weighted by atomic mass is 10.2. The van der Waals surface area contributed by atoms with Crippen LogP contribution in [0.4, 0.5) is 5.69 Å². The Hall–Kier alpha value is -2.19. The van der Waals surface area contributed by atoms with E-state index in [1.807, 2.05) is 0 Å². The molecule has 0 fully saturated rings. The smallest absolute Gasteiger partial charge is 0.338 e. The van der Waals surface area contributed by atoms with Gasteiger partial charge in [0.15, 0.2) is 16.4 Å². The predicted molar refractivity (Wildman–Crippen MR) is 92.6 cm³/mol. The second kappa shape index (κ2) is 7.59. The molecular weight excluding hydrogens is 398 g/mol. The normalized spacial score (nSPS) is 10.9. The van der Waals surface area contributed by atoms with Crippen LogP contribution >= 0.6 is 15.9 Å². The number of rotatable bonds is 5. The maximum Gasteiger partial charge on any atom is 0.338 e. The number of carbonyl (C=O) groups is 2. The number of nitrogens with one attached hydrogen (secondary N) is 1. The molecule has 0 saturated heterocycles. The lowest BCUT2D eigenvalue weighted by Gasteiger charge is -2.08. The van der Waals surface area contributed by atoms with E-state index in [-0.39, 0.29) is 10.5 Å². The minimum Gasteiger partial charge on any atom is -0.452 e. The molecule has 2 aromatic carbocycles. The third kappa shape index (κ3) is 4.90. The number of benzene rings is 2. The molecule has 0 spiro atoms. The molecule has 0 heterocycles. The summed E-state index contributed by atoms with van der Waals surface area (Å²) in [6.07, 6.45) is 1.04. The largest absolute Gasteiger partial charge is 0.452 e. The van der Waals surface area contributed by atoms with Gasteiger partial charge < -0.3 is 10.1 Å². The Morgan fingerprint density at radius 3 is 2.50 bits per heavy atom. The standard InChI is InChI=1S/C16H14BrNO5S/c1-24(21,22)12-6-4-5-11(9-12)16(20)23-10-15(19)18-14-8-3-2-7-13(14)17/h2-9H,10H2,1H3,(H,18,19). The average Bonchev–Trinajstić information content (AvgIpc) is 2.54. The summed E-state index contributed by atoms with van der Waals surface area (Å²) in [6.45, 7) is -0.483. The minimum absolute atomic E-state index is 0.00891. The molecule has 126 valence electrons. The highest BCUT2D eigenvalue weighted by Gasteiger charge is 2.14. The van der Waals surface area contributed by atoms with Crippen LogP contribution in [0.5, 0.6) is 0 Å². The molecule has 24 heavy (non-hydrogen) atoms. The van der Waals surface area contributed by atoms with E-state index in [0.717, 1.165) is 6.26 Å². The number of esters is 1. The number of hydrogen-bond donors (Lipinski definition) is 1. The Morgan fingerprint density at radius 1 is 1.12 bits per heavy atom. The van der Waals surface area contributed by atoms with E-state index in [1.165, 1.54) is 24.3 Å². The molecule has 2 aromatic rings. The Kier molecular flexibility index (Phi) is 5.74. The summed E-state index contributed by atoms with van der Waals surface area (Å²) in [5.41, 5.74) is 0.615. The second-order valence-corrected chi connectivity index (χ2v) is 7.77. The summed E-state index contributed by atoms with van der Waals surface area (Å²) in [4.78, 5) is 23.8. The van der Waals surface area contributed by atoms with Crippen LogP contribution in [0.25, 0.3) is 0 Å². The molecule has 0 aliphatic heterocycles. The van der Waals surface area contributed by atoms with Crippen LogP contribution in [0.15, 0.2) is 57.9 Å². The fourth-order valence-corrected chi connectivity index (χ4v) is 2.87. The number of anilines is 1. The summed E-state index contributed by atoms with van der Waals surface area (Å²) in [7, 11) is -3.43. The van der Waals surface area contributed by atoms with E-state index in [1.54, 1.807) is 24.3 Å². The van der Waals surface area contributed by atoms with Gasteiger partial charge in [-0.1, -0.05) is 18.2 Å². The van der Waals surface area contributed by atoms with E-state index >= 15 is 0 Å². The third-order valence-electron chi connectivity index (χ3n) is 2.98. The lowest BCUT2D eigenvalue weighted by Crippen LogP contribution is -2.21. The van der Waals surface area contributed by atoms with Crippen LogP contribution in [0.3, 0.4) is 0 Å². The van der Waals surface area contributed by atoms with Gasteiger partial charge in [0, 0.05) is 10.7 Å². The van der Waals surface area contributed by atoms with Crippen molar-refractivity contribution in [2.75, 3.05) is 18.2 Å². The summed E-state index contributed by atoms with van der Waals surface area (Å²) in [6, 6.07) is 12.5. The minimum atomic E-state index is -3.43. The van der Waals surface area contributed by atoms with Gasteiger partial charge in [-0.2, -0.15) is 0 Å². The number of ether oxygens (including phenoxy) is 1. The first-order chi connectivity index (χ1) is 11.3. The monoisotopic (exact) mass is 411 g/mol. The van der Waals surface area contributed by atoms with Crippen molar-refractivity contribution in [1.29, 1.82) is 0 Å². The van der Waals surface area contributed by atoms with Crippen LogP contribution in [0, 0.1) is 0 Å². The fourth-order valence-electron chi connectivity index (χ4n) is 1.82. The van der Waals surface area contributed by atoms with Crippen molar-refractivity contribution in [1.82, 2.24) is 0 Å². The molecule has 0 saturated carbocycles. The van der Waals surface area contributed by atoms with Gasteiger partial charge in [-0.25, -0.2) is 13.2 Å². The predicted octanol–water partition coefficient (Wildman–Crippen LogP) is 2.65. The number of sulfone groups is 1. The van der Waals surface area contributed by atoms with Crippen molar-refractivity contribution in [3.05, 3.63) is 58.6 Å². The number of halogens is 1. The highest BCUT2D eigenvalue weighted by atomic mass is 79.9. The van der Waals surface area contributed by atoms with Crippen LogP contribution in [0.1, 0.15) is 10.4 Å². The van der Waals surface area contributed by atoms with Gasteiger partial charge in [0.05, 0.1) is 16.1 Å². The van der Waals surface area contributed by atoms with Gasteiger partial charge in [-0.15, -0.1) is 0 Å². The van der Waals surface area contributed by atoms with Crippen LogP contribution < -0.4 is 5.32 Å². The highest BCUT2D eigenvalue weighted by Crippen LogP contribution is 2.21. The maximum absolute atomic E-state index is 11.9. The zero-order valence-electron chi connectivity index (χ0n) is 12.7. The molecule has 8 heteroatoms. The molecule has 0 aliphatic carbocycles. The van der Waals surface area contributed by atoms with Crippen molar-refractivity contribution in [2.24, 2.45) is 0 Å².